The van der Waals surface area contributed by atoms with Gasteiger partial charge in [0.25, 0.3) is 0 Å². The predicted molar refractivity (Wildman–Crippen MR) is 90.7 cm³/mol. The van der Waals surface area contributed by atoms with Crippen LogP contribution in [0.1, 0.15) is 16.7 Å². The number of phenols is 1. The van der Waals surface area contributed by atoms with Gasteiger partial charge in [-0.2, -0.15) is 0 Å². The minimum Gasteiger partial charge on any atom is -0.508 e. The van der Waals surface area contributed by atoms with Gasteiger partial charge in [-0.3, -0.25) is 0 Å². The zero-order valence-electron chi connectivity index (χ0n) is 13.0. The Labute approximate surface area is 134 Å². The van der Waals surface area contributed by atoms with Crippen molar-refractivity contribution in [1.82, 2.24) is 5.32 Å². The van der Waals surface area contributed by atoms with Gasteiger partial charge in [0.1, 0.15) is 11.3 Å². The van der Waals surface area contributed by atoms with Crippen molar-refractivity contribution in [2.45, 2.75) is 19.9 Å². The standard InChI is InChI=1S/C19H19NO3/c1-13-17(21)8-7-16-15(11-18(22)23-19(13)16)12-20-10-9-14-5-3-2-4-6-14/h2-8,11,20-21H,9-10,12H2,1H3. The maximum Gasteiger partial charge on any atom is 0.336 e. The van der Waals surface area contributed by atoms with Crippen molar-refractivity contribution >= 4 is 11.0 Å². The molecule has 3 rings (SSSR count). The van der Waals surface area contributed by atoms with Crippen LogP contribution in [0.5, 0.6) is 5.75 Å². The van der Waals surface area contributed by atoms with E-state index in [1.165, 1.54) is 11.6 Å². The number of aromatic hydroxyl groups is 1. The number of hydrogen-bond donors (Lipinski definition) is 2. The van der Waals surface area contributed by atoms with Crippen LogP contribution in [0.2, 0.25) is 0 Å². The highest BCUT2D eigenvalue weighted by Crippen LogP contribution is 2.27. The third kappa shape index (κ3) is 3.43. The zero-order valence-corrected chi connectivity index (χ0v) is 13.0. The van der Waals surface area contributed by atoms with Gasteiger partial charge in [0, 0.05) is 23.6 Å². The average molecular weight is 309 g/mol. The summed E-state index contributed by atoms with van der Waals surface area (Å²) in [6, 6.07) is 15.2. The van der Waals surface area contributed by atoms with E-state index in [1.807, 2.05) is 18.2 Å². The van der Waals surface area contributed by atoms with Crippen LogP contribution < -0.4 is 10.9 Å². The summed E-state index contributed by atoms with van der Waals surface area (Å²) in [6.07, 6.45) is 0.931. The molecule has 0 saturated carbocycles. The summed E-state index contributed by atoms with van der Waals surface area (Å²) in [4.78, 5) is 11.7. The Kier molecular flexibility index (Phi) is 4.44. The molecular formula is C19H19NO3. The van der Waals surface area contributed by atoms with Crippen LogP contribution in [0.4, 0.5) is 0 Å². The molecule has 0 atom stereocenters. The van der Waals surface area contributed by atoms with E-state index < -0.39 is 5.63 Å². The molecule has 0 saturated heterocycles. The van der Waals surface area contributed by atoms with E-state index in [0.717, 1.165) is 23.9 Å². The molecule has 118 valence electrons. The number of benzene rings is 2. The molecule has 1 heterocycles. The van der Waals surface area contributed by atoms with Crippen LogP contribution in [0.25, 0.3) is 11.0 Å². The number of rotatable bonds is 5. The molecule has 2 aromatic carbocycles. The summed E-state index contributed by atoms with van der Waals surface area (Å²) in [5, 5.41) is 14.0. The molecule has 0 aliphatic heterocycles. The highest BCUT2D eigenvalue weighted by Gasteiger charge is 2.10. The molecule has 0 aliphatic carbocycles. The molecule has 2 N–H and O–H groups in total. The number of phenolic OH excluding ortho intramolecular Hbond substituents is 1. The minimum atomic E-state index is -0.397. The zero-order chi connectivity index (χ0) is 16.2. The maximum absolute atomic E-state index is 11.7. The largest absolute Gasteiger partial charge is 0.508 e. The number of aryl methyl sites for hydroxylation is 1. The number of fused-ring (bicyclic) bond motifs is 1. The van der Waals surface area contributed by atoms with Crippen molar-refractivity contribution < 1.29 is 9.52 Å². The summed E-state index contributed by atoms with van der Waals surface area (Å²) in [5.41, 5.74) is 2.81. The van der Waals surface area contributed by atoms with Gasteiger partial charge >= 0.3 is 5.63 Å². The first kappa shape index (κ1) is 15.3. The lowest BCUT2D eigenvalue weighted by Gasteiger charge is -2.09. The smallest absolute Gasteiger partial charge is 0.336 e. The second-order valence-corrected chi connectivity index (χ2v) is 5.59. The summed E-state index contributed by atoms with van der Waals surface area (Å²) < 4.78 is 5.25. The summed E-state index contributed by atoms with van der Waals surface area (Å²) in [5.74, 6) is 0.134. The van der Waals surface area contributed by atoms with Crippen LogP contribution in [-0.4, -0.2) is 11.7 Å². The predicted octanol–water partition coefficient (Wildman–Crippen LogP) is 3.14. The first-order valence-corrected chi connectivity index (χ1v) is 7.65. The van der Waals surface area contributed by atoms with E-state index in [-0.39, 0.29) is 5.75 Å². The third-order valence-corrected chi connectivity index (χ3v) is 3.97. The lowest BCUT2D eigenvalue weighted by Crippen LogP contribution is -2.18. The maximum atomic E-state index is 11.7. The molecule has 0 aliphatic rings. The molecule has 4 heteroatoms. The van der Waals surface area contributed by atoms with Gasteiger partial charge in [0.15, 0.2) is 0 Å². The van der Waals surface area contributed by atoms with E-state index in [0.29, 0.717) is 17.7 Å². The van der Waals surface area contributed by atoms with Crippen molar-refractivity contribution in [2.24, 2.45) is 0 Å². The van der Waals surface area contributed by atoms with Crippen molar-refractivity contribution in [3.8, 4) is 5.75 Å². The van der Waals surface area contributed by atoms with Gasteiger partial charge < -0.3 is 14.8 Å². The fourth-order valence-corrected chi connectivity index (χ4v) is 2.66. The van der Waals surface area contributed by atoms with Crippen LogP contribution >= 0.6 is 0 Å². The summed E-state index contributed by atoms with van der Waals surface area (Å²) in [6.45, 7) is 3.15. The number of hydrogen-bond acceptors (Lipinski definition) is 4. The topological polar surface area (TPSA) is 62.5 Å². The Balaban J connectivity index is 1.75. The van der Waals surface area contributed by atoms with Gasteiger partial charge in [-0.05, 0) is 43.1 Å². The van der Waals surface area contributed by atoms with Crippen molar-refractivity contribution in [1.29, 1.82) is 0 Å². The van der Waals surface area contributed by atoms with Gasteiger partial charge in [-0.25, -0.2) is 4.79 Å². The normalized spacial score (nSPS) is 11.0. The molecule has 4 nitrogen and oxygen atoms in total. The number of nitrogens with one attached hydrogen (secondary N) is 1. The molecule has 1 aromatic heterocycles. The quantitative estimate of drug-likeness (QED) is 0.561. The molecule has 3 aromatic rings. The van der Waals surface area contributed by atoms with E-state index in [1.54, 1.807) is 19.1 Å². The van der Waals surface area contributed by atoms with Crippen LogP contribution in [0.3, 0.4) is 0 Å². The molecule has 0 spiro atoms. The minimum absolute atomic E-state index is 0.134. The Morgan fingerprint density at radius 3 is 2.70 bits per heavy atom. The summed E-state index contributed by atoms with van der Waals surface area (Å²) in [7, 11) is 0. The van der Waals surface area contributed by atoms with E-state index in [9.17, 15) is 9.90 Å². The Bertz CT molecular complexity index is 869. The monoisotopic (exact) mass is 309 g/mol. The van der Waals surface area contributed by atoms with Gasteiger partial charge in [-0.1, -0.05) is 30.3 Å². The first-order valence-electron chi connectivity index (χ1n) is 7.65. The summed E-state index contributed by atoms with van der Waals surface area (Å²) >= 11 is 0. The van der Waals surface area contributed by atoms with Crippen LogP contribution in [-0.2, 0) is 13.0 Å². The fraction of sp³-hybridized carbons (Fsp3) is 0.211. The average Bonchev–Trinajstić information content (AvgIpc) is 2.56. The highest BCUT2D eigenvalue weighted by atomic mass is 16.4. The van der Waals surface area contributed by atoms with Gasteiger partial charge in [-0.15, -0.1) is 0 Å². The van der Waals surface area contributed by atoms with Crippen molar-refractivity contribution in [3.05, 3.63) is 75.6 Å². The molecule has 0 fully saturated rings. The second-order valence-electron chi connectivity index (χ2n) is 5.59. The van der Waals surface area contributed by atoms with Crippen molar-refractivity contribution in [2.75, 3.05) is 6.54 Å². The van der Waals surface area contributed by atoms with E-state index in [4.69, 9.17) is 4.42 Å². The van der Waals surface area contributed by atoms with Gasteiger partial charge in [0.05, 0.1) is 0 Å². The molecular weight excluding hydrogens is 290 g/mol. The molecule has 0 bridgehead atoms. The SMILES string of the molecule is Cc1c(O)ccc2c(CNCCc3ccccc3)cc(=O)oc12. The van der Waals surface area contributed by atoms with Crippen molar-refractivity contribution in [3.63, 3.8) is 0 Å². The van der Waals surface area contributed by atoms with Crippen LogP contribution in [0, 0.1) is 6.92 Å². The molecule has 0 radical (unpaired) electrons. The van der Waals surface area contributed by atoms with Gasteiger partial charge in [0.2, 0.25) is 0 Å². The first-order chi connectivity index (χ1) is 11.1. The highest BCUT2D eigenvalue weighted by molar-refractivity contribution is 5.84. The Morgan fingerprint density at radius 1 is 1.13 bits per heavy atom. The molecule has 23 heavy (non-hydrogen) atoms. The Morgan fingerprint density at radius 2 is 1.91 bits per heavy atom. The Hall–Kier alpha value is -2.59. The fourth-order valence-electron chi connectivity index (χ4n) is 2.66. The third-order valence-electron chi connectivity index (χ3n) is 3.97. The van der Waals surface area contributed by atoms with E-state index in [2.05, 4.69) is 17.4 Å². The molecule has 0 unspecified atom stereocenters. The lowest BCUT2D eigenvalue weighted by atomic mass is 10.1. The second kappa shape index (κ2) is 6.67. The van der Waals surface area contributed by atoms with E-state index >= 15 is 0 Å². The lowest BCUT2D eigenvalue weighted by molar-refractivity contribution is 0.468. The molecule has 0 amide bonds. The van der Waals surface area contributed by atoms with Crippen LogP contribution in [0.15, 0.2) is 57.7 Å².